The van der Waals surface area contributed by atoms with Crippen LogP contribution in [0.2, 0.25) is 0 Å². The number of phenolic OH excluding ortho intramolecular Hbond substituents is 1. The molecule has 3 heterocycles. The Morgan fingerprint density at radius 2 is 1.08 bits per heavy atom. The first-order valence-corrected chi connectivity index (χ1v) is 39.9. The molecule has 19 atom stereocenters. The van der Waals surface area contributed by atoms with Crippen molar-refractivity contribution in [2.75, 3.05) is 32.7 Å². The zero-order valence-corrected chi connectivity index (χ0v) is 67.1. The number of cyclic esters (lactones) is 1. The Bertz CT molecular complexity index is 3400. The summed E-state index contributed by atoms with van der Waals surface area (Å²) in [5.74, 6) is -17.8. The van der Waals surface area contributed by atoms with Crippen LogP contribution >= 0.6 is 0 Å². The number of phenols is 1. The Kier molecular flexibility index (Phi) is 42.3. The number of benzene rings is 1. The first kappa shape index (κ1) is 98.1. The molecule has 0 spiro atoms. The highest BCUT2D eigenvalue weighted by Crippen LogP contribution is 2.25. The van der Waals surface area contributed by atoms with Crippen LogP contribution in [0.25, 0.3) is 0 Å². The third-order valence-electron chi connectivity index (χ3n) is 20.1. The number of esters is 1. The molecule has 1 aromatic carbocycles. The molecule has 3 aliphatic heterocycles. The number of ether oxygens (including phenoxy) is 1. The molecule has 0 aromatic heterocycles. The molecule has 1 aromatic rings. The Balaban J connectivity index is 1.84. The number of aliphatic hydroxyl groups excluding tert-OH is 7. The van der Waals surface area contributed by atoms with E-state index in [2.05, 4.69) is 65.4 Å². The topological polar surface area (TPSA) is 618 Å². The number of rotatable bonds is 30. The maximum Gasteiger partial charge on any atom is 0.328 e. The van der Waals surface area contributed by atoms with Crippen LogP contribution in [0.5, 0.6) is 5.75 Å². The predicted octanol–water partition coefficient (Wildman–Crippen LogP) is -5.18. The molecule has 14 amide bonds. The summed E-state index contributed by atoms with van der Waals surface area (Å²) in [5, 5.41) is 114. The molecule has 23 N–H and O–H groups in total. The number of fused-ring (bicyclic) bond motifs is 2. The minimum Gasteiger partial charge on any atom is -0.508 e. The van der Waals surface area contributed by atoms with Gasteiger partial charge >= 0.3 is 5.97 Å². The van der Waals surface area contributed by atoms with Crippen molar-refractivity contribution in [2.45, 2.75) is 312 Å². The fourth-order valence-corrected chi connectivity index (χ4v) is 13.5. The van der Waals surface area contributed by atoms with Crippen molar-refractivity contribution in [3.63, 3.8) is 0 Å². The van der Waals surface area contributed by atoms with E-state index in [1.165, 1.54) is 45.0 Å². The normalized spacial score (nSPS) is 27.1. The lowest BCUT2D eigenvalue weighted by atomic mass is 9.99. The van der Waals surface area contributed by atoms with Gasteiger partial charge in [-0.1, -0.05) is 97.1 Å². The van der Waals surface area contributed by atoms with Gasteiger partial charge in [0.15, 0.2) is 0 Å². The number of carbonyl (C=O) groups is 15. The van der Waals surface area contributed by atoms with E-state index in [0.29, 0.717) is 42.7 Å². The van der Waals surface area contributed by atoms with E-state index in [9.17, 15) is 113 Å². The number of unbranched alkanes of at least 4 members (excludes halogenated alkanes) is 11. The summed E-state index contributed by atoms with van der Waals surface area (Å²) < 4.78 is 6.03. The van der Waals surface area contributed by atoms with E-state index in [-0.39, 0.29) is 56.7 Å². The van der Waals surface area contributed by atoms with Crippen LogP contribution in [0.3, 0.4) is 0 Å². The number of aromatic hydroxyl groups is 1. The zero-order chi connectivity index (χ0) is 85.9. The second-order valence-corrected chi connectivity index (χ2v) is 30.5. The molecule has 115 heavy (non-hydrogen) atoms. The summed E-state index contributed by atoms with van der Waals surface area (Å²) >= 11 is 0. The Labute approximate surface area is 669 Å². The predicted molar refractivity (Wildman–Crippen MR) is 412 cm³/mol. The minimum absolute atomic E-state index is 0.00947. The van der Waals surface area contributed by atoms with Crippen LogP contribution in [0.1, 0.15) is 196 Å². The van der Waals surface area contributed by atoms with Gasteiger partial charge in [0, 0.05) is 38.9 Å². The quantitative estimate of drug-likeness (QED) is 0.0253. The average molecular weight is 1630 g/mol. The molecule has 648 valence electrons. The smallest absolute Gasteiger partial charge is 0.328 e. The fraction of sp³-hybridized carbons (Fsp3) is 0.724. The van der Waals surface area contributed by atoms with Gasteiger partial charge in [-0.05, 0) is 110 Å². The highest BCUT2D eigenvalue weighted by molar-refractivity contribution is 6.00. The molecular formula is C76H125N15O24. The molecule has 3 saturated heterocycles. The van der Waals surface area contributed by atoms with Crippen molar-refractivity contribution in [1.82, 2.24) is 68.3 Å². The van der Waals surface area contributed by atoms with Crippen LogP contribution in [-0.4, -0.2) is 287 Å². The van der Waals surface area contributed by atoms with Crippen LogP contribution in [0.15, 0.2) is 24.3 Å². The number of hydrogen-bond acceptors (Lipinski definition) is 25. The number of amides is 14. The molecule has 0 aliphatic carbocycles. The van der Waals surface area contributed by atoms with Crippen molar-refractivity contribution in [3.8, 4) is 5.75 Å². The van der Waals surface area contributed by atoms with Gasteiger partial charge in [-0.25, -0.2) is 4.79 Å². The molecule has 39 nitrogen and oxygen atoms in total. The number of nitrogens with two attached hydrogens (primary N) is 2. The molecule has 39 heteroatoms. The second-order valence-electron chi connectivity index (χ2n) is 30.5. The zero-order valence-electron chi connectivity index (χ0n) is 67.1. The monoisotopic (exact) mass is 1630 g/mol. The molecule has 4 rings (SSSR count). The van der Waals surface area contributed by atoms with Crippen molar-refractivity contribution in [1.29, 1.82) is 0 Å². The van der Waals surface area contributed by atoms with Gasteiger partial charge < -0.3 is 125 Å². The Morgan fingerprint density at radius 3 is 1.65 bits per heavy atom. The van der Waals surface area contributed by atoms with Crippen molar-refractivity contribution < 1.29 is 118 Å². The van der Waals surface area contributed by atoms with Crippen molar-refractivity contribution >= 4 is 88.7 Å². The summed E-state index contributed by atoms with van der Waals surface area (Å²) in [7, 11) is 0. The molecule has 0 radical (unpaired) electrons. The molecule has 0 saturated carbocycles. The number of nitrogens with zero attached hydrogens (tertiary/aromatic N) is 2. The van der Waals surface area contributed by atoms with E-state index in [0.717, 1.165) is 90.4 Å². The highest BCUT2D eigenvalue weighted by Gasteiger charge is 2.48. The summed E-state index contributed by atoms with van der Waals surface area (Å²) in [5.41, 5.74) is 11.3. The van der Waals surface area contributed by atoms with E-state index in [1.54, 1.807) is 0 Å². The van der Waals surface area contributed by atoms with Gasteiger partial charge in [-0.2, -0.15) is 0 Å². The molecule has 3 fully saturated rings. The van der Waals surface area contributed by atoms with Crippen LogP contribution in [-0.2, 0) is 83.1 Å². The van der Waals surface area contributed by atoms with Crippen LogP contribution in [0, 0.1) is 5.92 Å². The molecule has 0 bridgehead atoms. The molecular weight excluding hydrogens is 1510 g/mol. The first-order chi connectivity index (χ1) is 54.3. The van der Waals surface area contributed by atoms with Gasteiger partial charge in [0.1, 0.15) is 78.3 Å². The fourth-order valence-electron chi connectivity index (χ4n) is 13.5. The van der Waals surface area contributed by atoms with Crippen LogP contribution in [0.4, 0.5) is 0 Å². The van der Waals surface area contributed by atoms with Crippen molar-refractivity contribution in [3.05, 3.63) is 29.8 Å². The lowest BCUT2D eigenvalue weighted by Gasteiger charge is -2.34. The van der Waals surface area contributed by atoms with E-state index in [4.69, 9.17) is 16.2 Å². The summed E-state index contributed by atoms with van der Waals surface area (Å²) in [6.45, 7) is 8.90. The lowest BCUT2D eigenvalue weighted by Crippen LogP contribution is -2.64. The van der Waals surface area contributed by atoms with Gasteiger partial charge in [-0.15, -0.1) is 0 Å². The van der Waals surface area contributed by atoms with E-state index in [1.807, 2.05) is 0 Å². The van der Waals surface area contributed by atoms with Crippen LogP contribution < -0.4 is 70.0 Å². The van der Waals surface area contributed by atoms with Gasteiger partial charge in [-0.3, -0.25) is 67.1 Å². The summed E-state index contributed by atoms with van der Waals surface area (Å²) in [6.07, 6.45) is -5.55. The Morgan fingerprint density at radius 1 is 0.557 bits per heavy atom. The maximum atomic E-state index is 14.8. The third-order valence-corrected chi connectivity index (χ3v) is 20.1. The largest absolute Gasteiger partial charge is 0.508 e. The number of primary amides is 1. The summed E-state index contributed by atoms with van der Waals surface area (Å²) in [4.78, 5) is 213. The first-order valence-electron chi connectivity index (χ1n) is 39.9. The number of carbonyl (C=O) groups excluding carboxylic acids is 15. The van der Waals surface area contributed by atoms with Gasteiger partial charge in [0.05, 0.1) is 62.1 Å². The number of aliphatic hydroxyl groups is 7. The van der Waals surface area contributed by atoms with Crippen molar-refractivity contribution in [2.24, 2.45) is 17.4 Å². The van der Waals surface area contributed by atoms with Gasteiger partial charge in [0.25, 0.3) is 0 Å². The number of hydrogen-bond donors (Lipinski definition) is 21. The number of nitrogens with one attached hydrogen (secondary N) is 11. The highest BCUT2D eigenvalue weighted by atomic mass is 16.5. The second kappa shape index (κ2) is 49.6. The summed E-state index contributed by atoms with van der Waals surface area (Å²) in [6, 6.07) is -14.6. The minimum atomic E-state index is -2.24. The average Bonchev–Trinajstić information content (AvgIpc) is 1.68. The molecule has 3 aliphatic rings. The van der Waals surface area contributed by atoms with Gasteiger partial charge in [0.2, 0.25) is 82.7 Å². The standard InChI is InChI=1S/C76H125N15O24/c1-9-10-11-12-13-14-15-16-17-18-19-23-49-36-57(102)84-60(42(5)92)70(108)81-41(4)66(104)83-51(34-46-26-28-47(96)29-27-46)67(105)86-59(40(2)3)74(112)91-39-48(97)35-52(91)68(106)87-62(44(7)94)72(110)88-63(45(8)95)75(113)90-33-30-53(98)65(90)73(111)89-64(54(99)37-55(78)100)69(107)80-38-58(103)85-61(43(6)93)71(109)82-50(76(114)115-49)24-22-32-79-56(101)25-20-21-31-77/h26-29,40-45,48-54,59-65,92-99H,9-25,30-39,77H2,1-8H3,(H2,78,100)(H,79,101)(H,80,107)(H,81,108)(H,82,109)(H,83,104)(H,84,102)(H,85,103)(H,86,105)(H,87,106)(H,88,110)(H,89,111)/t41-,42-,43-,44-,45-,48-,49-,50+,51+,52+,53+,54-,59+,60-,61-,62-,63+,64+,65+/m1/s1. The third kappa shape index (κ3) is 32.8. The lowest BCUT2D eigenvalue weighted by molar-refractivity contribution is -0.155. The van der Waals surface area contributed by atoms with E-state index >= 15 is 0 Å². The Hall–Kier alpha value is -9.25. The maximum absolute atomic E-state index is 14.8. The SMILES string of the molecule is CCCCCCCCCCCCC[C@@H]1CC(=O)N[C@H]([C@@H](C)O)C(=O)N[C@H](C)C(=O)N[C@@H](Cc2ccc(O)cc2)C(=O)N[C@@H](C(C)C)C(=O)N2C[C@H](O)C[C@H]2C(=O)N[C@H]([C@@H](C)O)C(=O)N[C@@H]([C@@H](C)O)C(=O)N2CC[C@H](O)[C@H]2C(=O)N[C@@H]([C@H](O)CC(N)=O)C(=O)NCC(=O)N[C@H]([C@@H](C)O)C(=O)N[C@@H](CCCNC(=O)CCCCN)C(=O)O1. The molecule has 0 unspecified atom stereocenters. The van der Waals surface area contributed by atoms with E-state index < -0.39 is 243 Å².